The maximum Gasteiger partial charge on any atom is 0.0319 e. The molecule has 0 aliphatic heterocycles. The summed E-state index contributed by atoms with van der Waals surface area (Å²) in [4.78, 5) is 0. The molecule has 0 aliphatic carbocycles. The Morgan fingerprint density at radius 2 is 0.833 bits per heavy atom. The monoisotopic (exact) mass is 263 g/mol. The van der Waals surface area contributed by atoms with Gasteiger partial charge in [-0.05, 0) is 0 Å². The zero-order valence-electron chi connectivity index (χ0n) is 4.30. The Balaban J connectivity index is -0.00000000500. The molecule has 0 unspecified atom stereocenters. The van der Waals surface area contributed by atoms with Crippen LogP contribution in [0.2, 0.25) is 0 Å². The minimum absolute atomic E-state index is 0. The summed E-state index contributed by atoms with van der Waals surface area (Å²) >= 11 is 0. The van der Waals surface area contributed by atoms with Crippen LogP contribution in [0.5, 0.6) is 0 Å². The summed E-state index contributed by atoms with van der Waals surface area (Å²) in [5.41, 5.74) is 0. The van der Waals surface area contributed by atoms with Gasteiger partial charge in [-0.3, -0.25) is 0 Å². The summed E-state index contributed by atoms with van der Waals surface area (Å²) in [6.45, 7) is 0. The van der Waals surface area contributed by atoms with Crippen LogP contribution >= 0.6 is 0 Å². The molecule has 0 saturated carbocycles. The maximum atomic E-state index is 7.00. The van der Waals surface area contributed by atoms with Crippen LogP contribution in [0.4, 0.5) is 0 Å². The van der Waals surface area contributed by atoms with E-state index in [0.29, 0.717) is 0 Å². The van der Waals surface area contributed by atoms with Crippen LogP contribution in [0.15, 0.2) is 0 Å². The fraction of sp³-hybridized carbons (Fsp3) is 0.667. The summed E-state index contributed by atoms with van der Waals surface area (Å²) in [5.74, 6) is 0. The Morgan fingerprint density at radius 3 is 0.833 bits per heavy atom. The molecule has 0 bridgehead atoms. The van der Waals surface area contributed by atoms with E-state index >= 15 is 0 Å². The first-order valence-electron chi connectivity index (χ1n) is 0.894. The molecule has 2 N–H and O–H groups in total. The second kappa shape index (κ2) is 322. The van der Waals surface area contributed by atoms with Gasteiger partial charge in [0.1, 0.15) is 0 Å². The maximum absolute atomic E-state index is 7.00. The smallest absolute Gasteiger partial charge is 0.0319 e. The van der Waals surface area contributed by atoms with E-state index in [2.05, 4.69) is 0 Å². The molecule has 0 fully saturated rings. The Hall–Kier alpha value is 0.608. The Kier molecular flexibility index (Phi) is 1640. The van der Waals surface area contributed by atoms with Crippen LogP contribution in [0, 0.1) is 7.43 Å². The molecule has 0 heterocycles. The molecule has 0 amide bonds. The van der Waals surface area contributed by atoms with Crippen molar-refractivity contribution >= 4 is 0 Å². The van der Waals surface area contributed by atoms with Crippen molar-refractivity contribution in [2.24, 2.45) is 0 Å². The van der Waals surface area contributed by atoms with Crippen molar-refractivity contribution in [1.82, 2.24) is 0 Å². The van der Waals surface area contributed by atoms with Gasteiger partial charge in [-0.25, -0.2) is 0 Å². The molecule has 0 aromatic rings. The van der Waals surface area contributed by atoms with Crippen molar-refractivity contribution in [2.75, 3.05) is 14.2 Å². The van der Waals surface area contributed by atoms with Gasteiger partial charge in [0.05, 0.1) is 0 Å². The van der Waals surface area contributed by atoms with Crippen LogP contribution < -0.4 is 0 Å². The van der Waals surface area contributed by atoms with Crippen molar-refractivity contribution in [2.45, 2.75) is 0 Å². The molecule has 0 saturated heterocycles. The van der Waals surface area contributed by atoms with Crippen molar-refractivity contribution < 1.29 is 31.3 Å². The zero-order chi connectivity index (χ0) is 4.00. The fourth-order valence-electron chi connectivity index (χ4n) is 0. The van der Waals surface area contributed by atoms with Gasteiger partial charge in [-0.1, -0.05) is 0 Å². The summed E-state index contributed by atoms with van der Waals surface area (Å²) in [5, 5.41) is 14.0. The Morgan fingerprint density at radius 1 is 0.833 bits per heavy atom. The number of rotatable bonds is 0. The molecule has 0 aliphatic rings. The van der Waals surface area contributed by atoms with Gasteiger partial charge >= 0.3 is 0 Å². The number of hydrogen-bond acceptors (Lipinski definition) is 2. The van der Waals surface area contributed by atoms with E-state index in [4.69, 9.17) is 10.2 Å². The van der Waals surface area contributed by atoms with E-state index in [-0.39, 0.29) is 28.5 Å². The number of hydrogen-bond donors (Lipinski definition) is 2. The zero-order valence-corrected chi connectivity index (χ0v) is 7.24. The molecule has 42 valence electrons. The average molecular weight is 263 g/mol. The summed E-state index contributed by atoms with van der Waals surface area (Å²) in [6, 6.07) is 0. The van der Waals surface area contributed by atoms with Crippen molar-refractivity contribution in [3.8, 4) is 0 Å². The standard InChI is InChI=1S/2CH4O.CH3.W/c2*1-2;;/h2*2H,1H3;1H3;/q;;-1;. The van der Waals surface area contributed by atoms with Crippen LogP contribution in [0.1, 0.15) is 0 Å². The van der Waals surface area contributed by atoms with E-state index in [0.717, 1.165) is 14.2 Å². The third kappa shape index (κ3) is 162. The minimum Gasteiger partial charge on any atom is -0.400 e. The Labute approximate surface area is 53.5 Å². The van der Waals surface area contributed by atoms with Crippen LogP contribution in [0.3, 0.4) is 0 Å². The second-order valence-electron chi connectivity index (χ2n) is 0. The first-order valence-corrected chi connectivity index (χ1v) is 0.894. The van der Waals surface area contributed by atoms with Gasteiger partial charge in [0.2, 0.25) is 0 Å². The van der Waals surface area contributed by atoms with Gasteiger partial charge < -0.3 is 17.6 Å². The van der Waals surface area contributed by atoms with E-state index in [1.54, 1.807) is 0 Å². The van der Waals surface area contributed by atoms with E-state index < -0.39 is 0 Å². The topological polar surface area (TPSA) is 40.5 Å². The van der Waals surface area contributed by atoms with Crippen molar-refractivity contribution in [3.05, 3.63) is 7.43 Å². The molecule has 0 atom stereocenters. The van der Waals surface area contributed by atoms with E-state index in [1.807, 2.05) is 0 Å². The fourth-order valence-corrected chi connectivity index (χ4v) is 0. The molecule has 0 spiro atoms. The molecule has 6 heavy (non-hydrogen) atoms. The molecule has 0 aromatic carbocycles. The van der Waals surface area contributed by atoms with Crippen LogP contribution in [-0.2, 0) is 21.1 Å². The normalized spacial score (nSPS) is 2.00. The average Bonchev–Trinajstić information content (AvgIpc) is 1.50. The van der Waals surface area contributed by atoms with E-state index in [1.165, 1.54) is 0 Å². The molecular weight excluding hydrogens is 252 g/mol. The third-order valence-corrected chi connectivity index (χ3v) is 0. The summed E-state index contributed by atoms with van der Waals surface area (Å²) in [6.07, 6.45) is 0. The van der Waals surface area contributed by atoms with E-state index in [9.17, 15) is 0 Å². The molecule has 2 nitrogen and oxygen atoms in total. The first kappa shape index (κ1) is 30.6. The van der Waals surface area contributed by atoms with Gasteiger partial charge in [-0.15, -0.1) is 0 Å². The van der Waals surface area contributed by atoms with Crippen LogP contribution in [0.25, 0.3) is 0 Å². The molecule has 0 radical (unpaired) electrons. The van der Waals surface area contributed by atoms with Crippen molar-refractivity contribution in [1.29, 1.82) is 0 Å². The molecule has 3 heteroatoms. The van der Waals surface area contributed by atoms with Gasteiger partial charge in [-0.2, -0.15) is 0 Å². The number of aliphatic hydroxyl groups excluding tert-OH is 2. The summed E-state index contributed by atoms with van der Waals surface area (Å²) < 4.78 is 0. The number of aliphatic hydroxyl groups is 2. The van der Waals surface area contributed by atoms with Crippen molar-refractivity contribution in [3.63, 3.8) is 0 Å². The summed E-state index contributed by atoms with van der Waals surface area (Å²) in [7, 11) is 2.00. The second-order valence-corrected chi connectivity index (χ2v) is 0. The third-order valence-electron chi connectivity index (χ3n) is 0. The van der Waals surface area contributed by atoms with Gasteiger partial charge in [0.15, 0.2) is 0 Å². The first-order chi connectivity index (χ1) is 2.00. The SMILES string of the molecule is CO.CO.[CH3-].[W]. The van der Waals surface area contributed by atoms with Gasteiger partial charge in [0.25, 0.3) is 0 Å². The van der Waals surface area contributed by atoms with Gasteiger partial charge in [0, 0.05) is 35.3 Å². The minimum atomic E-state index is 0. The Bertz CT molecular complexity index is 8.75. The molecule has 0 aromatic heterocycles. The molecular formula is C3H11O2W-. The van der Waals surface area contributed by atoms with Crippen LogP contribution in [-0.4, -0.2) is 24.4 Å². The molecule has 0 rings (SSSR count). The predicted octanol–water partition coefficient (Wildman–Crippen LogP) is -0.335. The largest absolute Gasteiger partial charge is 0.400 e. The quantitative estimate of drug-likeness (QED) is 0.587. The predicted molar refractivity (Wildman–Crippen MR) is 22.7 cm³/mol.